The second kappa shape index (κ2) is 6.55. The summed E-state index contributed by atoms with van der Waals surface area (Å²) in [7, 11) is 1.87. The molecule has 1 atom stereocenters. The standard InChI is InChI=1S/C15H21N7/c1-11-17-6-5-13(21-11)18-9-12-4-3-7-22(12)15-8-14(16-2)19-10-20-15/h5-6,8,10,12H,3-4,7,9H2,1-2H3,(H,16,19,20)(H,17,18,21). The Morgan fingerprint density at radius 1 is 1.27 bits per heavy atom. The van der Waals surface area contributed by atoms with E-state index in [4.69, 9.17) is 0 Å². The molecule has 1 saturated heterocycles. The predicted molar refractivity (Wildman–Crippen MR) is 87.2 cm³/mol. The summed E-state index contributed by atoms with van der Waals surface area (Å²) in [5, 5.41) is 6.46. The van der Waals surface area contributed by atoms with Crippen molar-refractivity contribution in [1.82, 2.24) is 19.9 Å². The van der Waals surface area contributed by atoms with Gasteiger partial charge in [0.15, 0.2) is 0 Å². The molecule has 0 aromatic carbocycles. The Hall–Kier alpha value is -2.44. The van der Waals surface area contributed by atoms with E-state index in [1.165, 1.54) is 6.42 Å². The summed E-state index contributed by atoms with van der Waals surface area (Å²) in [6.07, 6.45) is 5.71. The third kappa shape index (κ3) is 3.24. The van der Waals surface area contributed by atoms with Crippen LogP contribution in [0.5, 0.6) is 0 Å². The van der Waals surface area contributed by atoms with Crippen LogP contribution < -0.4 is 15.5 Å². The maximum Gasteiger partial charge on any atom is 0.134 e. The van der Waals surface area contributed by atoms with Crippen LogP contribution in [0, 0.1) is 6.92 Å². The first kappa shape index (κ1) is 14.5. The van der Waals surface area contributed by atoms with Crippen LogP contribution in [0.4, 0.5) is 17.5 Å². The van der Waals surface area contributed by atoms with Gasteiger partial charge in [-0.1, -0.05) is 0 Å². The average molecular weight is 299 g/mol. The van der Waals surface area contributed by atoms with Gasteiger partial charge in [-0.15, -0.1) is 0 Å². The molecule has 0 spiro atoms. The van der Waals surface area contributed by atoms with Gasteiger partial charge in [-0.2, -0.15) is 0 Å². The Morgan fingerprint density at radius 3 is 3.00 bits per heavy atom. The summed E-state index contributed by atoms with van der Waals surface area (Å²) in [6, 6.07) is 4.30. The molecule has 2 N–H and O–H groups in total. The minimum Gasteiger partial charge on any atom is -0.373 e. The number of aryl methyl sites for hydroxylation is 1. The van der Waals surface area contributed by atoms with Crippen LogP contribution in [-0.2, 0) is 0 Å². The average Bonchev–Trinajstić information content (AvgIpc) is 3.01. The zero-order valence-corrected chi connectivity index (χ0v) is 13.0. The molecule has 7 heteroatoms. The first-order chi connectivity index (χ1) is 10.8. The van der Waals surface area contributed by atoms with Crippen molar-refractivity contribution >= 4 is 17.5 Å². The molecule has 2 aromatic heterocycles. The number of anilines is 3. The number of nitrogens with one attached hydrogen (secondary N) is 2. The number of aromatic nitrogens is 4. The van der Waals surface area contributed by atoms with Gasteiger partial charge < -0.3 is 15.5 Å². The quantitative estimate of drug-likeness (QED) is 0.870. The normalized spacial score (nSPS) is 17.5. The first-order valence-corrected chi connectivity index (χ1v) is 7.56. The lowest BCUT2D eigenvalue weighted by Crippen LogP contribution is -2.35. The lowest BCUT2D eigenvalue weighted by molar-refractivity contribution is 0.688. The highest BCUT2D eigenvalue weighted by atomic mass is 15.3. The molecule has 0 bridgehead atoms. The van der Waals surface area contributed by atoms with E-state index in [2.05, 4.69) is 35.5 Å². The van der Waals surface area contributed by atoms with E-state index >= 15 is 0 Å². The summed E-state index contributed by atoms with van der Waals surface area (Å²) in [5.41, 5.74) is 0. The van der Waals surface area contributed by atoms with Crippen molar-refractivity contribution in [3.05, 3.63) is 30.5 Å². The second-order valence-corrected chi connectivity index (χ2v) is 5.37. The highest BCUT2D eigenvalue weighted by molar-refractivity contribution is 5.50. The Morgan fingerprint density at radius 2 is 2.18 bits per heavy atom. The van der Waals surface area contributed by atoms with Crippen molar-refractivity contribution in [3.8, 4) is 0 Å². The van der Waals surface area contributed by atoms with Gasteiger partial charge in [0.25, 0.3) is 0 Å². The summed E-state index contributed by atoms with van der Waals surface area (Å²) in [6.45, 7) is 3.76. The molecule has 0 amide bonds. The van der Waals surface area contributed by atoms with Crippen molar-refractivity contribution in [3.63, 3.8) is 0 Å². The molecule has 3 heterocycles. The number of rotatable bonds is 5. The molecule has 116 valence electrons. The Kier molecular flexibility index (Phi) is 4.32. The molecule has 0 aliphatic carbocycles. The molecular weight excluding hydrogens is 278 g/mol. The van der Waals surface area contributed by atoms with Gasteiger partial charge in [-0.3, -0.25) is 0 Å². The Balaban J connectivity index is 1.67. The summed E-state index contributed by atoms with van der Waals surface area (Å²) in [4.78, 5) is 19.4. The van der Waals surface area contributed by atoms with Gasteiger partial charge in [-0.05, 0) is 25.8 Å². The van der Waals surface area contributed by atoms with Gasteiger partial charge in [0, 0.05) is 38.4 Å². The minimum absolute atomic E-state index is 0.412. The topological polar surface area (TPSA) is 78.9 Å². The van der Waals surface area contributed by atoms with E-state index in [1.807, 2.05) is 26.1 Å². The second-order valence-electron chi connectivity index (χ2n) is 5.37. The van der Waals surface area contributed by atoms with Gasteiger partial charge in [0.2, 0.25) is 0 Å². The number of hydrogen-bond acceptors (Lipinski definition) is 7. The van der Waals surface area contributed by atoms with Crippen LogP contribution in [0.2, 0.25) is 0 Å². The van der Waals surface area contributed by atoms with E-state index in [9.17, 15) is 0 Å². The maximum absolute atomic E-state index is 4.41. The molecule has 1 unspecified atom stereocenters. The fourth-order valence-corrected chi connectivity index (χ4v) is 2.77. The molecule has 0 radical (unpaired) electrons. The SMILES string of the molecule is CNc1cc(N2CCCC2CNc2ccnc(C)n2)ncn1. The van der Waals surface area contributed by atoms with Gasteiger partial charge in [0.05, 0.1) is 0 Å². The molecule has 1 aliphatic rings. The van der Waals surface area contributed by atoms with Crippen molar-refractivity contribution in [2.45, 2.75) is 25.8 Å². The number of hydrogen-bond donors (Lipinski definition) is 2. The Labute approximate surface area is 130 Å². The van der Waals surface area contributed by atoms with Crippen molar-refractivity contribution < 1.29 is 0 Å². The van der Waals surface area contributed by atoms with Gasteiger partial charge in [0.1, 0.15) is 29.6 Å². The van der Waals surface area contributed by atoms with Crippen molar-refractivity contribution in [2.75, 3.05) is 35.7 Å². The first-order valence-electron chi connectivity index (χ1n) is 7.56. The highest BCUT2D eigenvalue weighted by Gasteiger charge is 2.25. The summed E-state index contributed by atoms with van der Waals surface area (Å²) < 4.78 is 0. The molecule has 2 aromatic rings. The van der Waals surface area contributed by atoms with Crippen LogP contribution in [0.25, 0.3) is 0 Å². The van der Waals surface area contributed by atoms with Crippen molar-refractivity contribution in [2.24, 2.45) is 0 Å². The zero-order valence-electron chi connectivity index (χ0n) is 13.0. The molecule has 7 nitrogen and oxygen atoms in total. The summed E-state index contributed by atoms with van der Waals surface area (Å²) in [5.74, 6) is 3.47. The van der Waals surface area contributed by atoms with Crippen LogP contribution in [0.3, 0.4) is 0 Å². The third-order valence-corrected chi connectivity index (χ3v) is 3.88. The highest BCUT2D eigenvalue weighted by Crippen LogP contribution is 2.25. The maximum atomic E-state index is 4.41. The fraction of sp³-hybridized carbons (Fsp3) is 0.467. The van der Waals surface area contributed by atoms with Crippen molar-refractivity contribution in [1.29, 1.82) is 0 Å². The lowest BCUT2D eigenvalue weighted by atomic mass is 10.2. The van der Waals surface area contributed by atoms with E-state index in [0.29, 0.717) is 6.04 Å². The molecule has 3 rings (SSSR count). The monoisotopic (exact) mass is 299 g/mol. The van der Waals surface area contributed by atoms with Crippen LogP contribution in [-0.4, -0.2) is 46.1 Å². The molecule has 22 heavy (non-hydrogen) atoms. The lowest BCUT2D eigenvalue weighted by Gasteiger charge is -2.26. The Bertz CT molecular complexity index is 631. The van der Waals surface area contributed by atoms with Crippen LogP contribution >= 0.6 is 0 Å². The molecule has 1 fully saturated rings. The van der Waals surface area contributed by atoms with Crippen LogP contribution in [0.15, 0.2) is 24.7 Å². The zero-order chi connectivity index (χ0) is 15.4. The molecule has 0 saturated carbocycles. The van der Waals surface area contributed by atoms with Gasteiger partial charge in [-0.25, -0.2) is 19.9 Å². The van der Waals surface area contributed by atoms with Crippen LogP contribution in [0.1, 0.15) is 18.7 Å². The van der Waals surface area contributed by atoms with E-state index < -0.39 is 0 Å². The summed E-state index contributed by atoms with van der Waals surface area (Å²) >= 11 is 0. The minimum atomic E-state index is 0.412. The fourth-order valence-electron chi connectivity index (χ4n) is 2.77. The van der Waals surface area contributed by atoms with E-state index in [-0.39, 0.29) is 0 Å². The van der Waals surface area contributed by atoms with Gasteiger partial charge >= 0.3 is 0 Å². The third-order valence-electron chi connectivity index (χ3n) is 3.88. The van der Waals surface area contributed by atoms with E-state index in [1.54, 1.807) is 12.5 Å². The molecular formula is C15H21N7. The largest absolute Gasteiger partial charge is 0.373 e. The smallest absolute Gasteiger partial charge is 0.134 e. The molecule has 1 aliphatic heterocycles. The number of nitrogens with zero attached hydrogens (tertiary/aromatic N) is 5. The van der Waals surface area contributed by atoms with E-state index in [0.717, 1.165) is 42.8 Å². The predicted octanol–water partition coefficient (Wildman–Crippen LogP) is 1.70.